The predicted octanol–water partition coefficient (Wildman–Crippen LogP) is 10.3. The SMILES string of the molecule is C1=Cc2cc3ccc(cc4nc(cc5ccc(cc1n2)[nH]5)C=C4)[nH]3.c1ccc2c(-c3cccc4ccccc34)cccc2c1. The van der Waals surface area contributed by atoms with Crippen molar-refractivity contribution in [2.24, 2.45) is 0 Å². The first-order valence-corrected chi connectivity index (χ1v) is 14.7. The van der Waals surface area contributed by atoms with E-state index in [1.165, 1.54) is 32.7 Å². The van der Waals surface area contributed by atoms with Gasteiger partial charge in [0.1, 0.15) is 0 Å². The predicted molar refractivity (Wildman–Crippen MR) is 186 cm³/mol. The smallest absolute Gasteiger partial charge is 0.0658 e. The van der Waals surface area contributed by atoms with Gasteiger partial charge in [-0.15, -0.1) is 0 Å². The number of hydrogen-bond donors (Lipinski definition) is 2. The van der Waals surface area contributed by atoms with Crippen LogP contribution in [0.4, 0.5) is 0 Å². The average Bonchev–Trinajstić information content (AvgIpc) is 3.88. The number of nitrogens with one attached hydrogen (secondary N) is 2. The van der Waals surface area contributed by atoms with E-state index in [1.807, 2.05) is 48.6 Å². The van der Waals surface area contributed by atoms with Gasteiger partial charge in [0.2, 0.25) is 0 Å². The van der Waals surface area contributed by atoms with Crippen LogP contribution in [0.5, 0.6) is 0 Å². The Hall–Kier alpha value is -6.00. The first-order chi connectivity index (χ1) is 21.7. The van der Waals surface area contributed by atoms with Gasteiger partial charge >= 0.3 is 0 Å². The van der Waals surface area contributed by atoms with E-state index in [0.29, 0.717) is 0 Å². The molecule has 9 rings (SSSR count). The first-order valence-electron chi connectivity index (χ1n) is 14.7. The maximum atomic E-state index is 4.63. The van der Waals surface area contributed by atoms with Gasteiger partial charge in [0.15, 0.2) is 0 Å². The second-order valence-electron chi connectivity index (χ2n) is 11.0. The number of aromatic nitrogens is 4. The lowest BCUT2D eigenvalue weighted by molar-refractivity contribution is 1.31. The molecule has 2 N–H and O–H groups in total. The van der Waals surface area contributed by atoms with Crippen molar-refractivity contribution in [3.05, 3.63) is 156 Å². The van der Waals surface area contributed by atoms with Crippen molar-refractivity contribution in [1.82, 2.24) is 19.9 Å². The molecule has 4 heteroatoms. The van der Waals surface area contributed by atoms with Crippen LogP contribution in [-0.4, -0.2) is 19.9 Å². The average molecular weight is 565 g/mol. The fourth-order valence-electron chi connectivity index (χ4n) is 5.86. The van der Waals surface area contributed by atoms with E-state index in [1.54, 1.807) is 0 Å². The van der Waals surface area contributed by atoms with Crippen molar-refractivity contribution in [2.45, 2.75) is 0 Å². The maximum absolute atomic E-state index is 4.63. The normalized spacial score (nSPS) is 11.9. The summed E-state index contributed by atoms with van der Waals surface area (Å²) in [6, 6.07) is 46.5. The highest BCUT2D eigenvalue weighted by atomic mass is 14.8. The van der Waals surface area contributed by atoms with Gasteiger partial charge in [0, 0.05) is 22.1 Å². The Morgan fingerprint density at radius 2 is 0.682 bits per heavy atom. The summed E-state index contributed by atoms with van der Waals surface area (Å²) in [5.41, 5.74) is 10.5. The summed E-state index contributed by atoms with van der Waals surface area (Å²) < 4.78 is 0. The molecule has 0 saturated carbocycles. The fraction of sp³-hybridized carbons (Fsp3) is 0. The lowest BCUT2D eigenvalue weighted by Gasteiger charge is -2.10. The minimum atomic E-state index is 0.939. The quantitative estimate of drug-likeness (QED) is 0.208. The van der Waals surface area contributed by atoms with Crippen molar-refractivity contribution >= 4 is 67.9 Å². The number of nitrogens with zero attached hydrogens (tertiary/aromatic N) is 2. The van der Waals surface area contributed by atoms with Gasteiger partial charge in [-0.3, -0.25) is 0 Å². The van der Waals surface area contributed by atoms with Crippen LogP contribution >= 0.6 is 0 Å². The summed E-state index contributed by atoms with van der Waals surface area (Å²) in [6.07, 6.45) is 8.09. The first kappa shape index (κ1) is 25.7. The van der Waals surface area contributed by atoms with Crippen LogP contribution in [0.1, 0.15) is 22.8 Å². The third-order valence-corrected chi connectivity index (χ3v) is 7.91. The fourth-order valence-corrected chi connectivity index (χ4v) is 5.86. The van der Waals surface area contributed by atoms with Gasteiger partial charge in [-0.2, -0.15) is 0 Å². The number of benzene rings is 4. The Balaban J connectivity index is 0.000000134. The minimum Gasteiger partial charge on any atom is -0.355 e. The summed E-state index contributed by atoms with van der Waals surface area (Å²) >= 11 is 0. The zero-order valence-corrected chi connectivity index (χ0v) is 23.9. The third kappa shape index (κ3) is 5.21. The molecule has 3 aromatic heterocycles. The molecule has 2 aliphatic rings. The van der Waals surface area contributed by atoms with Crippen LogP contribution in [0, 0.1) is 0 Å². The van der Waals surface area contributed by atoms with Crippen molar-refractivity contribution in [2.75, 3.05) is 0 Å². The molecular formula is C40H28N4. The van der Waals surface area contributed by atoms with Gasteiger partial charge in [0.05, 0.1) is 22.8 Å². The van der Waals surface area contributed by atoms with E-state index in [-0.39, 0.29) is 0 Å². The van der Waals surface area contributed by atoms with Crippen molar-refractivity contribution in [3.63, 3.8) is 0 Å². The van der Waals surface area contributed by atoms with E-state index in [4.69, 9.17) is 0 Å². The molecule has 0 atom stereocenters. The number of H-pyrrole nitrogens is 2. The van der Waals surface area contributed by atoms with Gasteiger partial charge in [0.25, 0.3) is 0 Å². The Bertz CT molecular complexity index is 2140. The second kappa shape index (κ2) is 11.0. The van der Waals surface area contributed by atoms with Crippen molar-refractivity contribution in [1.29, 1.82) is 0 Å². The van der Waals surface area contributed by atoms with Crippen LogP contribution in [-0.2, 0) is 0 Å². The van der Waals surface area contributed by atoms with Crippen LogP contribution in [0.15, 0.2) is 133 Å². The van der Waals surface area contributed by atoms with Gasteiger partial charge in [-0.05, 0) is 106 Å². The number of hydrogen-bond acceptors (Lipinski definition) is 2. The van der Waals surface area contributed by atoms with Gasteiger partial charge in [-0.25, -0.2) is 9.97 Å². The monoisotopic (exact) mass is 564 g/mol. The highest BCUT2D eigenvalue weighted by Gasteiger charge is 2.07. The van der Waals surface area contributed by atoms with E-state index >= 15 is 0 Å². The molecule has 8 bridgehead atoms. The second-order valence-corrected chi connectivity index (χ2v) is 11.0. The summed E-state index contributed by atoms with van der Waals surface area (Å²) in [5, 5.41) is 5.20. The van der Waals surface area contributed by atoms with Gasteiger partial charge < -0.3 is 9.97 Å². The van der Waals surface area contributed by atoms with E-state index in [0.717, 1.165) is 44.8 Å². The molecule has 44 heavy (non-hydrogen) atoms. The molecule has 4 nitrogen and oxygen atoms in total. The Labute approximate surface area is 254 Å². The van der Waals surface area contributed by atoms with E-state index in [2.05, 4.69) is 129 Å². The number of rotatable bonds is 1. The summed E-state index contributed by atoms with van der Waals surface area (Å²) in [6.45, 7) is 0. The highest BCUT2D eigenvalue weighted by molar-refractivity contribution is 6.05. The molecule has 0 spiro atoms. The third-order valence-electron chi connectivity index (χ3n) is 7.91. The largest absolute Gasteiger partial charge is 0.355 e. The standard InChI is InChI=1S/C20H14N4.C20H14/c1-2-14-10-16-5-6-18(23-16)12-20-8-7-19(24-20)11-17-4-3-15(22-17)9-13(1)21-14;1-3-11-17-15(7-1)9-5-13-19(17)20-14-6-10-16-8-2-4-12-18(16)20/h1-12,21,24H;1-14H. The molecule has 0 radical (unpaired) electrons. The molecule has 4 aromatic carbocycles. The molecule has 7 aromatic rings. The van der Waals surface area contributed by atoms with Crippen LogP contribution in [0.25, 0.3) is 79.0 Å². The lowest BCUT2D eigenvalue weighted by Crippen LogP contribution is -1.83. The van der Waals surface area contributed by atoms with Crippen LogP contribution in [0.3, 0.4) is 0 Å². The van der Waals surface area contributed by atoms with Crippen LogP contribution in [0.2, 0.25) is 0 Å². The number of aromatic amines is 2. The van der Waals surface area contributed by atoms with E-state index < -0.39 is 0 Å². The Morgan fingerprint density at radius 1 is 0.341 bits per heavy atom. The lowest BCUT2D eigenvalue weighted by atomic mass is 9.94. The summed E-state index contributed by atoms with van der Waals surface area (Å²) in [7, 11) is 0. The minimum absolute atomic E-state index is 0.939. The van der Waals surface area contributed by atoms with Gasteiger partial charge in [-0.1, -0.05) is 84.9 Å². The molecule has 0 saturated heterocycles. The molecule has 0 fully saturated rings. The van der Waals surface area contributed by atoms with Crippen LogP contribution < -0.4 is 0 Å². The number of fused-ring (bicyclic) bond motifs is 10. The molecule has 2 aliphatic heterocycles. The molecule has 0 amide bonds. The van der Waals surface area contributed by atoms with E-state index in [9.17, 15) is 0 Å². The molecule has 5 heterocycles. The Morgan fingerprint density at radius 3 is 1.07 bits per heavy atom. The Kier molecular flexibility index (Phi) is 6.43. The maximum Gasteiger partial charge on any atom is 0.0658 e. The van der Waals surface area contributed by atoms with Crippen molar-refractivity contribution < 1.29 is 0 Å². The van der Waals surface area contributed by atoms with Crippen molar-refractivity contribution in [3.8, 4) is 11.1 Å². The molecular weight excluding hydrogens is 536 g/mol. The zero-order chi connectivity index (χ0) is 29.3. The molecule has 208 valence electrons. The summed E-state index contributed by atoms with van der Waals surface area (Å²) in [4.78, 5) is 16.0. The molecule has 0 aliphatic carbocycles. The zero-order valence-electron chi connectivity index (χ0n) is 23.9. The topological polar surface area (TPSA) is 57.4 Å². The summed E-state index contributed by atoms with van der Waals surface area (Å²) in [5.74, 6) is 0. The molecule has 0 unspecified atom stereocenters. The highest BCUT2D eigenvalue weighted by Crippen LogP contribution is 2.33.